The summed E-state index contributed by atoms with van der Waals surface area (Å²) in [5.41, 5.74) is 0. The number of allylic oxidation sites excluding steroid dienone is 8. The molecule has 0 saturated heterocycles. The van der Waals surface area contributed by atoms with Gasteiger partial charge >= 0.3 is 141 Å². The first-order valence-corrected chi connectivity index (χ1v) is 11.5. The Morgan fingerprint density at radius 2 is 1.29 bits per heavy atom. The van der Waals surface area contributed by atoms with Crippen molar-refractivity contribution >= 4 is 43.7 Å². The van der Waals surface area contributed by atoms with Crippen LogP contribution in [0.15, 0.2) is 43.0 Å². The van der Waals surface area contributed by atoms with Crippen LogP contribution in [0.25, 0.3) is 0 Å². The van der Waals surface area contributed by atoms with Gasteiger partial charge in [0.25, 0.3) is 0 Å². The molecular weight excluding hydrogens is 438 g/mol. The quantitative estimate of drug-likeness (QED) is 0.561. The first-order chi connectivity index (χ1) is 9.00. The van der Waals surface area contributed by atoms with Gasteiger partial charge in [0.15, 0.2) is 0 Å². The molecular formula is C16H28Cl2GaNZr. The molecule has 21 heavy (non-hydrogen) atoms. The third kappa shape index (κ3) is 10.4. The Labute approximate surface area is 165 Å². The molecule has 0 spiro atoms. The molecule has 1 nitrogen and oxygen atoms in total. The molecule has 0 heterocycles. The fraction of sp³-hybridized carbons (Fsp3) is 0.500. The van der Waals surface area contributed by atoms with Crippen molar-refractivity contribution in [2.45, 2.75) is 52.6 Å². The summed E-state index contributed by atoms with van der Waals surface area (Å²) in [6.07, 6.45) is 16.0. The number of hydrogen-bond donors (Lipinski definition) is 0. The average molecular weight is 466 g/mol. The third-order valence-corrected chi connectivity index (χ3v) is 11.2. The maximum atomic E-state index is 2.52. The Bertz CT molecular complexity index is 365. The van der Waals surface area contributed by atoms with E-state index in [2.05, 4.69) is 67.8 Å². The summed E-state index contributed by atoms with van der Waals surface area (Å²) >= 11 is 0.545. The number of hydrogen-bond acceptors (Lipinski definition) is 1. The topological polar surface area (TPSA) is 3.24 Å². The van der Waals surface area contributed by atoms with Crippen molar-refractivity contribution in [1.29, 1.82) is 0 Å². The standard InChI is InChI=1S/C6H14N.2C5H5.2ClH.Ga.Zr.2H/c1-5(2)7-6(3)4;2*1-2-4-5-3-1;;;;;;/h5-6H,1-4H3;2*1-3H,4H2;2*1H;;;;/q-1;;;;;+1;;;. The summed E-state index contributed by atoms with van der Waals surface area (Å²) in [7, 11) is 0. The molecule has 0 unspecified atom stereocenters. The largest absolute Gasteiger partial charge is 0.147 e. The van der Waals surface area contributed by atoms with Crippen molar-refractivity contribution < 1.29 is 23.2 Å². The van der Waals surface area contributed by atoms with E-state index < -0.39 is 0 Å². The molecule has 0 aromatic heterocycles. The Hall–Kier alpha value is 1.02. The van der Waals surface area contributed by atoms with Crippen molar-refractivity contribution in [1.82, 2.24) is 3.61 Å². The second-order valence-corrected chi connectivity index (χ2v) is 11.6. The number of halogens is 2. The van der Waals surface area contributed by atoms with E-state index in [4.69, 9.17) is 0 Å². The van der Waals surface area contributed by atoms with Crippen molar-refractivity contribution in [2.75, 3.05) is 0 Å². The minimum Gasteiger partial charge on any atom is -0.147 e. The van der Waals surface area contributed by atoms with Gasteiger partial charge in [0, 0.05) is 0 Å². The minimum atomic E-state index is -0.312. The fourth-order valence-corrected chi connectivity index (χ4v) is 4.86. The van der Waals surface area contributed by atoms with Crippen LogP contribution in [0.1, 0.15) is 40.5 Å². The van der Waals surface area contributed by atoms with Gasteiger partial charge in [-0.25, -0.2) is 0 Å². The molecule has 0 radical (unpaired) electrons. The molecule has 0 aliphatic heterocycles. The summed E-state index contributed by atoms with van der Waals surface area (Å²) in [6.45, 7) is 9.02. The van der Waals surface area contributed by atoms with Gasteiger partial charge in [-0.15, -0.1) is 24.8 Å². The Morgan fingerprint density at radius 3 is 1.48 bits per heavy atom. The van der Waals surface area contributed by atoms with Crippen LogP contribution in [-0.4, -0.2) is 34.5 Å². The van der Waals surface area contributed by atoms with Crippen molar-refractivity contribution in [3.05, 3.63) is 43.0 Å². The van der Waals surface area contributed by atoms with Crippen molar-refractivity contribution in [2.24, 2.45) is 0 Å². The molecule has 0 N–H and O–H groups in total. The monoisotopic (exact) mass is 463 g/mol. The first-order valence-electron chi connectivity index (χ1n) is 7.21. The zero-order valence-corrected chi connectivity index (χ0v) is 22.1. The molecule has 0 saturated carbocycles. The minimum absolute atomic E-state index is 0. The van der Waals surface area contributed by atoms with E-state index in [1.165, 1.54) is 12.8 Å². The first kappa shape index (κ1) is 24.3. The number of nitrogens with zero attached hydrogens (tertiary/aromatic N) is 1. The Morgan fingerprint density at radius 1 is 0.905 bits per heavy atom. The van der Waals surface area contributed by atoms with E-state index in [0.717, 1.165) is 30.9 Å². The van der Waals surface area contributed by atoms with Crippen LogP contribution in [0.5, 0.6) is 0 Å². The van der Waals surface area contributed by atoms with Gasteiger partial charge in [-0.3, -0.25) is 0 Å². The van der Waals surface area contributed by atoms with Gasteiger partial charge in [0.05, 0.1) is 0 Å². The zero-order chi connectivity index (χ0) is 14.3. The molecule has 0 fully saturated rings. The molecule has 118 valence electrons. The molecule has 5 heteroatoms. The molecule has 0 aromatic rings. The van der Waals surface area contributed by atoms with Crippen LogP contribution in [0.3, 0.4) is 0 Å². The van der Waals surface area contributed by atoms with Gasteiger partial charge in [0.1, 0.15) is 0 Å². The van der Waals surface area contributed by atoms with E-state index >= 15 is 0 Å². The smallest absolute Gasteiger partial charge is 0.147 e. The molecule has 2 aliphatic carbocycles. The molecule has 2 aliphatic rings. The maximum Gasteiger partial charge on any atom is -0.147 e. The predicted molar refractivity (Wildman–Crippen MR) is 98.8 cm³/mol. The molecule has 2 rings (SSSR count). The fourth-order valence-electron chi connectivity index (χ4n) is 1.88. The summed E-state index contributed by atoms with van der Waals surface area (Å²) in [4.78, 5) is 0. The SMILES string of the molecule is C1=CC[C]([Zr][C]2=CC=CC2)=C1.CC(C)[N]([GaH2])C(C)C.Cl.Cl. The Balaban J connectivity index is 0. The van der Waals surface area contributed by atoms with Crippen LogP contribution < -0.4 is 0 Å². The zero-order valence-electron chi connectivity index (χ0n) is 13.8. The van der Waals surface area contributed by atoms with Crippen LogP contribution in [0.2, 0.25) is 0 Å². The van der Waals surface area contributed by atoms with E-state index in [1.807, 2.05) is 0 Å². The van der Waals surface area contributed by atoms with Gasteiger partial charge in [-0.2, -0.15) is 0 Å². The summed E-state index contributed by atoms with van der Waals surface area (Å²) in [6, 6.07) is 1.52. The van der Waals surface area contributed by atoms with E-state index in [9.17, 15) is 0 Å². The second-order valence-electron chi connectivity index (χ2n) is 5.63. The van der Waals surface area contributed by atoms with Gasteiger partial charge in [-0.1, -0.05) is 0 Å². The normalized spacial score (nSPS) is 15.2. The van der Waals surface area contributed by atoms with Crippen LogP contribution in [-0.2, 0) is 23.2 Å². The third-order valence-electron chi connectivity index (χ3n) is 3.49. The summed E-state index contributed by atoms with van der Waals surface area (Å²) < 4.78 is 5.97. The number of rotatable bonds is 4. The Kier molecular flexibility index (Phi) is 15.6. The van der Waals surface area contributed by atoms with E-state index in [1.54, 1.807) is 6.56 Å². The van der Waals surface area contributed by atoms with E-state index in [-0.39, 0.29) is 48.0 Å². The maximum absolute atomic E-state index is 2.52. The van der Waals surface area contributed by atoms with Gasteiger partial charge in [0.2, 0.25) is 0 Å². The van der Waals surface area contributed by atoms with E-state index in [0.29, 0.717) is 0 Å². The summed E-state index contributed by atoms with van der Waals surface area (Å²) in [5.74, 6) is 0. The average Bonchev–Trinajstić information content (AvgIpc) is 3.02. The molecule has 0 atom stereocenters. The molecule has 0 bridgehead atoms. The van der Waals surface area contributed by atoms with Crippen LogP contribution in [0.4, 0.5) is 0 Å². The van der Waals surface area contributed by atoms with Crippen LogP contribution >= 0.6 is 24.8 Å². The predicted octanol–water partition coefficient (Wildman–Crippen LogP) is 4.25. The second kappa shape index (κ2) is 13.5. The molecule has 0 aromatic carbocycles. The van der Waals surface area contributed by atoms with Crippen molar-refractivity contribution in [3.63, 3.8) is 0 Å². The molecule has 0 amide bonds. The van der Waals surface area contributed by atoms with Gasteiger partial charge in [-0.05, 0) is 0 Å². The summed E-state index contributed by atoms with van der Waals surface area (Å²) in [5, 5.41) is 0. The van der Waals surface area contributed by atoms with Gasteiger partial charge < -0.3 is 0 Å². The van der Waals surface area contributed by atoms with Crippen LogP contribution in [0, 0.1) is 0 Å². The van der Waals surface area contributed by atoms with Crippen molar-refractivity contribution in [3.8, 4) is 0 Å².